The van der Waals surface area contributed by atoms with Crippen LogP contribution in [0.15, 0.2) is 12.1 Å². The van der Waals surface area contributed by atoms with Gasteiger partial charge in [0.25, 0.3) is 0 Å². The number of phenols is 1. The fraction of sp³-hybridized carbons (Fsp3) is 0.455. The van der Waals surface area contributed by atoms with E-state index in [9.17, 15) is 5.11 Å². The Morgan fingerprint density at radius 3 is 2.38 bits per heavy atom. The molecule has 0 aliphatic heterocycles. The van der Waals surface area contributed by atoms with E-state index in [1.807, 2.05) is 6.92 Å². The van der Waals surface area contributed by atoms with Crippen molar-refractivity contribution < 1.29 is 9.84 Å². The molecule has 1 aromatic carbocycles. The number of hydrogen-bond acceptors (Lipinski definition) is 2. The molecule has 0 saturated heterocycles. The summed E-state index contributed by atoms with van der Waals surface area (Å²) in [6.45, 7) is 6.10. The molecule has 1 aromatic rings. The van der Waals surface area contributed by atoms with Crippen LogP contribution in [0.4, 0.5) is 0 Å². The first-order valence-electron chi connectivity index (χ1n) is 4.43. The maximum atomic E-state index is 9.41. The van der Waals surface area contributed by atoms with E-state index in [-0.39, 0.29) is 0 Å². The van der Waals surface area contributed by atoms with Crippen LogP contribution in [0.1, 0.15) is 30.9 Å². The van der Waals surface area contributed by atoms with Crippen LogP contribution in [0.3, 0.4) is 0 Å². The highest BCUT2D eigenvalue weighted by molar-refractivity contribution is 5.47. The summed E-state index contributed by atoms with van der Waals surface area (Å²) in [5.41, 5.74) is 2.03. The van der Waals surface area contributed by atoms with Gasteiger partial charge in [0.05, 0.1) is 7.11 Å². The van der Waals surface area contributed by atoms with Gasteiger partial charge in [-0.1, -0.05) is 13.8 Å². The number of methoxy groups -OCH3 is 1. The third-order valence-electron chi connectivity index (χ3n) is 2.11. The smallest absolute Gasteiger partial charge is 0.125 e. The summed E-state index contributed by atoms with van der Waals surface area (Å²) in [6.07, 6.45) is 0. The highest BCUT2D eigenvalue weighted by atomic mass is 16.5. The molecule has 1 N–H and O–H groups in total. The Morgan fingerprint density at radius 2 is 1.92 bits per heavy atom. The molecule has 0 bridgehead atoms. The van der Waals surface area contributed by atoms with Crippen molar-refractivity contribution in [1.29, 1.82) is 0 Å². The van der Waals surface area contributed by atoms with Gasteiger partial charge in [-0.05, 0) is 30.5 Å². The van der Waals surface area contributed by atoms with Gasteiger partial charge in [0.15, 0.2) is 0 Å². The monoisotopic (exact) mass is 180 g/mol. The van der Waals surface area contributed by atoms with E-state index in [1.54, 1.807) is 19.2 Å². The van der Waals surface area contributed by atoms with Gasteiger partial charge in [0.1, 0.15) is 11.5 Å². The van der Waals surface area contributed by atoms with Crippen molar-refractivity contribution in [2.24, 2.45) is 0 Å². The Balaban J connectivity index is 3.29. The largest absolute Gasteiger partial charge is 0.508 e. The molecule has 13 heavy (non-hydrogen) atoms. The van der Waals surface area contributed by atoms with Crippen LogP contribution >= 0.6 is 0 Å². The Bertz CT molecular complexity index is 303. The molecule has 1 rings (SSSR count). The normalized spacial score (nSPS) is 10.5. The van der Waals surface area contributed by atoms with E-state index in [0.717, 1.165) is 16.9 Å². The molecule has 0 saturated carbocycles. The number of rotatable bonds is 2. The summed E-state index contributed by atoms with van der Waals surface area (Å²) in [5.74, 6) is 1.55. The molecule has 0 atom stereocenters. The van der Waals surface area contributed by atoms with E-state index in [4.69, 9.17) is 4.74 Å². The van der Waals surface area contributed by atoms with Gasteiger partial charge in [-0.25, -0.2) is 0 Å². The topological polar surface area (TPSA) is 29.5 Å². The molecular weight excluding hydrogens is 164 g/mol. The quantitative estimate of drug-likeness (QED) is 0.758. The number of phenolic OH excluding ortho intramolecular Hbond substituents is 1. The summed E-state index contributed by atoms with van der Waals surface area (Å²) >= 11 is 0. The van der Waals surface area contributed by atoms with E-state index in [2.05, 4.69) is 13.8 Å². The fourth-order valence-electron chi connectivity index (χ4n) is 1.49. The van der Waals surface area contributed by atoms with Crippen LogP contribution in [0.25, 0.3) is 0 Å². The van der Waals surface area contributed by atoms with Gasteiger partial charge >= 0.3 is 0 Å². The molecule has 0 aliphatic carbocycles. The first-order valence-corrected chi connectivity index (χ1v) is 4.43. The third-order valence-corrected chi connectivity index (χ3v) is 2.11. The summed E-state index contributed by atoms with van der Waals surface area (Å²) in [5, 5.41) is 9.41. The molecule has 2 heteroatoms. The molecule has 0 aromatic heterocycles. The Morgan fingerprint density at radius 1 is 1.31 bits per heavy atom. The van der Waals surface area contributed by atoms with Gasteiger partial charge in [0.2, 0.25) is 0 Å². The molecule has 0 unspecified atom stereocenters. The van der Waals surface area contributed by atoms with Crippen molar-refractivity contribution in [3.05, 3.63) is 23.3 Å². The van der Waals surface area contributed by atoms with E-state index < -0.39 is 0 Å². The summed E-state index contributed by atoms with van der Waals surface area (Å²) in [7, 11) is 1.66. The molecule has 2 nitrogen and oxygen atoms in total. The average Bonchev–Trinajstić information content (AvgIpc) is 2.02. The average molecular weight is 180 g/mol. The van der Waals surface area contributed by atoms with Gasteiger partial charge < -0.3 is 9.84 Å². The molecule has 0 heterocycles. The first kappa shape index (κ1) is 9.90. The van der Waals surface area contributed by atoms with Gasteiger partial charge in [-0.15, -0.1) is 0 Å². The van der Waals surface area contributed by atoms with Gasteiger partial charge in [-0.2, -0.15) is 0 Å². The van der Waals surface area contributed by atoms with Gasteiger partial charge in [0, 0.05) is 5.56 Å². The minimum Gasteiger partial charge on any atom is -0.508 e. The Labute approximate surface area is 79.2 Å². The standard InChI is InChI=1S/C11H16O2/c1-7(2)10-6-9(12)5-8(3)11(10)13-4/h5-7,12H,1-4H3. The van der Waals surface area contributed by atoms with Crippen LogP contribution in [0.2, 0.25) is 0 Å². The second kappa shape index (κ2) is 3.69. The summed E-state index contributed by atoms with van der Waals surface area (Å²) in [4.78, 5) is 0. The van der Waals surface area contributed by atoms with Crippen molar-refractivity contribution in [3.63, 3.8) is 0 Å². The van der Waals surface area contributed by atoms with E-state index in [0.29, 0.717) is 11.7 Å². The van der Waals surface area contributed by atoms with Crippen molar-refractivity contribution >= 4 is 0 Å². The number of hydrogen-bond donors (Lipinski definition) is 1. The van der Waals surface area contributed by atoms with Crippen molar-refractivity contribution in [3.8, 4) is 11.5 Å². The maximum absolute atomic E-state index is 9.41. The first-order chi connectivity index (χ1) is 6.06. The second-order valence-electron chi connectivity index (χ2n) is 3.54. The lowest BCUT2D eigenvalue weighted by atomic mass is 9.99. The van der Waals surface area contributed by atoms with Crippen LogP contribution in [0.5, 0.6) is 11.5 Å². The lowest BCUT2D eigenvalue weighted by Crippen LogP contribution is -1.96. The molecule has 72 valence electrons. The van der Waals surface area contributed by atoms with E-state index >= 15 is 0 Å². The van der Waals surface area contributed by atoms with Crippen molar-refractivity contribution in [1.82, 2.24) is 0 Å². The molecular formula is C11H16O2. The minimum atomic E-state index is 0.307. The zero-order valence-electron chi connectivity index (χ0n) is 8.59. The summed E-state index contributed by atoms with van der Waals surface area (Å²) in [6, 6.07) is 3.47. The number of benzene rings is 1. The van der Waals surface area contributed by atoms with Gasteiger partial charge in [-0.3, -0.25) is 0 Å². The van der Waals surface area contributed by atoms with E-state index in [1.165, 1.54) is 0 Å². The summed E-state index contributed by atoms with van der Waals surface area (Å²) < 4.78 is 5.28. The zero-order valence-corrected chi connectivity index (χ0v) is 8.59. The van der Waals surface area contributed by atoms with Crippen molar-refractivity contribution in [2.75, 3.05) is 7.11 Å². The molecule has 0 radical (unpaired) electrons. The molecule has 0 fully saturated rings. The highest BCUT2D eigenvalue weighted by Gasteiger charge is 2.11. The lowest BCUT2D eigenvalue weighted by Gasteiger charge is -2.14. The number of aromatic hydroxyl groups is 1. The minimum absolute atomic E-state index is 0.307. The third kappa shape index (κ3) is 1.94. The zero-order chi connectivity index (χ0) is 10.0. The molecule has 0 aliphatic rings. The number of ether oxygens (including phenoxy) is 1. The number of aryl methyl sites for hydroxylation is 1. The predicted octanol–water partition coefficient (Wildman–Crippen LogP) is 2.83. The van der Waals surface area contributed by atoms with Crippen LogP contribution in [-0.2, 0) is 0 Å². The highest BCUT2D eigenvalue weighted by Crippen LogP contribution is 2.33. The molecule has 0 spiro atoms. The Kier molecular flexibility index (Phi) is 2.81. The van der Waals surface area contributed by atoms with Crippen LogP contribution < -0.4 is 4.74 Å². The SMILES string of the molecule is COc1c(C)cc(O)cc1C(C)C. The fourth-order valence-corrected chi connectivity index (χ4v) is 1.49. The van der Waals surface area contributed by atoms with Crippen LogP contribution in [0, 0.1) is 6.92 Å². The maximum Gasteiger partial charge on any atom is 0.125 e. The predicted molar refractivity (Wildman–Crippen MR) is 53.5 cm³/mol. The Hall–Kier alpha value is -1.18. The lowest BCUT2D eigenvalue weighted by molar-refractivity contribution is 0.401. The van der Waals surface area contributed by atoms with Crippen molar-refractivity contribution in [2.45, 2.75) is 26.7 Å². The van der Waals surface area contributed by atoms with Crippen LogP contribution in [-0.4, -0.2) is 12.2 Å². The molecule has 0 amide bonds. The second-order valence-corrected chi connectivity index (χ2v) is 3.54.